The standard InChI is InChI=1S/C16H20N2O2.ClH/c1-13-17-9-11-18(13)10-3-2-4-14-5-7-15(8-6-14)12-16(19)20;/h5-9,11H,2-4,10,12H2,1H3,(H,19,20);1H. The van der Waals surface area contributed by atoms with Crippen molar-refractivity contribution in [3.63, 3.8) is 0 Å². The van der Waals surface area contributed by atoms with Crippen LogP contribution < -0.4 is 0 Å². The predicted molar refractivity (Wildman–Crippen MR) is 84.9 cm³/mol. The average molecular weight is 309 g/mol. The highest BCUT2D eigenvalue weighted by atomic mass is 35.5. The number of carbonyl (C=O) groups is 1. The molecule has 0 aliphatic rings. The maximum atomic E-state index is 10.6. The third-order valence-electron chi connectivity index (χ3n) is 3.42. The lowest BCUT2D eigenvalue weighted by atomic mass is 10.0. The van der Waals surface area contributed by atoms with Crippen molar-refractivity contribution in [3.8, 4) is 0 Å². The summed E-state index contributed by atoms with van der Waals surface area (Å²) in [6, 6.07) is 7.87. The fourth-order valence-corrected chi connectivity index (χ4v) is 2.25. The summed E-state index contributed by atoms with van der Waals surface area (Å²) >= 11 is 0. The summed E-state index contributed by atoms with van der Waals surface area (Å²) in [6.45, 7) is 3.02. The molecule has 114 valence electrons. The first-order valence-corrected chi connectivity index (χ1v) is 6.92. The number of unbranched alkanes of at least 4 members (excludes halogenated alkanes) is 1. The molecular formula is C16H21ClN2O2. The second kappa shape index (κ2) is 8.47. The summed E-state index contributed by atoms with van der Waals surface area (Å²) < 4.78 is 2.16. The predicted octanol–water partition coefficient (Wildman–Crippen LogP) is 3.26. The number of aryl methyl sites for hydroxylation is 3. The highest BCUT2D eigenvalue weighted by Crippen LogP contribution is 2.09. The molecule has 5 heteroatoms. The highest BCUT2D eigenvalue weighted by Gasteiger charge is 2.01. The number of hydrogen-bond donors (Lipinski definition) is 1. The van der Waals surface area contributed by atoms with Crippen LogP contribution in [0.5, 0.6) is 0 Å². The van der Waals surface area contributed by atoms with E-state index in [9.17, 15) is 4.79 Å². The Morgan fingerprint density at radius 3 is 2.43 bits per heavy atom. The Kier molecular flexibility index (Phi) is 6.96. The van der Waals surface area contributed by atoms with Crippen molar-refractivity contribution in [2.24, 2.45) is 0 Å². The van der Waals surface area contributed by atoms with Crippen molar-refractivity contribution >= 4 is 18.4 Å². The van der Waals surface area contributed by atoms with Gasteiger partial charge in [-0.25, -0.2) is 4.98 Å². The van der Waals surface area contributed by atoms with E-state index in [1.54, 1.807) is 0 Å². The van der Waals surface area contributed by atoms with Crippen LogP contribution in [0.15, 0.2) is 36.7 Å². The molecule has 1 N–H and O–H groups in total. The van der Waals surface area contributed by atoms with Gasteiger partial charge < -0.3 is 9.67 Å². The molecule has 0 atom stereocenters. The van der Waals surface area contributed by atoms with E-state index < -0.39 is 5.97 Å². The fraction of sp³-hybridized carbons (Fsp3) is 0.375. The Morgan fingerprint density at radius 2 is 1.86 bits per heavy atom. The van der Waals surface area contributed by atoms with E-state index in [-0.39, 0.29) is 18.8 Å². The zero-order valence-corrected chi connectivity index (χ0v) is 13.0. The molecule has 2 aromatic rings. The Bertz CT molecular complexity index is 564. The number of rotatable bonds is 7. The third kappa shape index (κ3) is 5.60. The normalized spacial score (nSPS) is 10.1. The van der Waals surface area contributed by atoms with Crippen LogP contribution in [-0.4, -0.2) is 20.6 Å². The van der Waals surface area contributed by atoms with Gasteiger partial charge in [0.15, 0.2) is 0 Å². The van der Waals surface area contributed by atoms with E-state index in [1.165, 1.54) is 5.56 Å². The van der Waals surface area contributed by atoms with E-state index in [2.05, 4.69) is 9.55 Å². The van der Waals surface area contributed by atoms with Gasteiger partial charge in [0.25, 0.3) is 0 Å². The van der Waals surface area contributed by atoms with Crippen molar-refractivity contribution in [3.05, 3.63) is 53.6 Å². The minimum atomic E-state index is -0.784. The lowest BCUT2D eigenvalue weighted by Gasteiger charge is -2.05. The molecule has 0 aliphatic carbocycles. The molecule has 1 aromatic carbocycles. The first-order chi connectivity index (χ1) is 9.65. The van der Waals surface area contributed by atoms with Crippen molar-refractivity contribution in [1.29, 1.82) is 0 Å². The van der Waals surface area contributed by atoms with Gasteiger partial charge in [0.1, 0.15) is 5.82 Å². The van der Waals surface area contributed by atoms with Crippen molar-refractivity contribution < 1.29 is 9.90 Å². The number of halogens is 1. The summed E-state index contributed by atoms with van der Waals surface area (Å²) in [7, 11) is 0. The van der Waals surface area contributed by atoms with Gasteiger partial charge >= 0.3 is 5.97 Å². The molecule has 2 rings (SSSR count). The zero-order chi connectivity index (χ0) is 14.4. The smallest absolute Gasteiger partial charge is 0.307 e. The molecule has 0 saturated heterocycles. The Labute approximate surface area is 131 Å². The summed E-state index contributed by atoms with van der Waals surface area (Å²) in [5, 5.41) is 8.71. The molecule has 1 heterocycles. The van der Waals surface area contributed by atoms with Crippen LogP contribution in [0.2, 0.25) is 0 Å². The van der Waals surface area contributed by atoms with Crippen molar-refractivity contribution in [2.45, 2.75) is 39.2 Å². The van der Waals surface area contributed by atoms with Gasteiger partial charge in [-0.3, -0.25) is 4.79 Å². The van der Waals surface area contributed by atoms with E-state index in [0.29, 0.717) is 0 Å². The molecule has 0 amide bonds. The van der Waals surface area contributed by atoms with Gasteiger partial charge in [0, 0.05) is 18.9 Å². The topological polar surface area (TPSA) is 55.1 Å². The van der Waals surface area contributed by atoms with Crippen molar-refractivity contribution in [2.75, 3.05) is 0 Å². The summed E-state index contributed by atoms with van der Waals surface area (Å²) in [5.41, 5.74) is 2.12. The van der Waals surface area contributed by atoms with Crippen LogP contribution in [-0.2, 0) is 24.2 Å². The van der Waals surface area contributed by atoms with E-state index in [1.807, 2.05) is 43.6 Å². The van der Waals surface area contributed by atoms with Gasteiger partial charge in [-0.2, -0.15) is 0 Å². The van der Waals surface area contributed by atoms with Gasteiger partial charge in [-0.15, -0.1) is 12.4 Å². The Hall–Kier alpha value is -1.81. The lowest BCUT2D eigenvalue weighted by molar-refractivity contribution is -0.136. The third-order valence-corrected chi connectivity index (χ3v) is 3.42. The second-order valence-corrected chi connectivity index (χ2v) is 5.01. The highest BCUT2D eigenvalue weighted by molar-refractivity contribution is 5.85. The lowest BCUT2D eigenvalue weighted by Crippen LogP contribution is -2.01. The molecule has 0 radical (unpaired) electrons. The molecule has 0 spiro atoms. The zero-order valence-electron chi connectivity index (χ0n) is 12.2. The van der Waals surface area contributed by atoms with Crippen LogP contribution in [0.4, 0.5) is 0 Å². The van der Waals surface area contributed by atoms with Gasteiger partial charge in [0.05, 0.1) is 6.42 Å². The molecule has 0 bridgehead atoms. The monoisotopic (exact) mass is 308 g/mol. The summed E-state index contributed by atoms with van der Waals surface area (Å²) in [6.07, 6.45) is 7.21. The molecule has 0 aliphatic heterocycles. The number of aromatic nitrogens is 2. The first kappa shape index (κ1) is 17.2. The van der Waals surface area contributed by atoms with Crippen LogP contribution in [0.1, 0.15) is 29.8 Å². The van der Waals surface area contributed by atoms with Gasteiger partial charge in [0.2, 0.25) is 0 Å². The number of hydrogen-bond acceptors (Lipinski definition) is 2. The number of imidazole rings is 1. The van der Waals surface area contributed by atoms with E-state index >= 15 is 0 Å². The largest absolute Gasteiger partial charge is 0.481 e. The number of nitrogens with zero attached hydrogens (tertiary/aromatic N) is 2. The maximum Gasteiger partial charge on any atom is 0.307 e. The van der Waals surface area contributed by atoms with E-state index in [4.69, 9.17) is 5.11 Å². The number of carboxylic acid groups (broad SMARTS) is 1. The van der Waals surface area contributed by atoms with Crippen LogP contribution in [0.25, 0.3) is 0 Å². The summed E-state index contributed by atoms with van der Waals surface area (Å²) in [4.78, 5) is 14.8. The minimum absolute atomic E-state index is 0. The van der Waals surface area contributed by atoms with Crippen LogP contribution in [0.3, 0.4) is 0 Å². The quantitative estimate of drug-likeness (QED) is 0.799. The average Bonchev–Trinajstić information content (AvgIpc) is 2.82. The summed E-state index contributed by atoms with van der Waals surface area (Å²) in [5.74, 6) is 0.275. The second-order valence-electron chi connectivity index (χ2n) is 5.01. The molecule has 0 unspecified atom stereocenters. The Balaban J connectivity index is 0.00000220. The van der Waals surface area contributed by atoms with Gasteiger partial charge in [-0.05, 0) is 37.3 Å². The van der Waals surface area contributed by atoms with E-state index in [0.717, 1.165) is 37.2 Å². The molecule has 21 heavy (non-hydrogen) atoms. The van der Waals surface area contributed by atoms with Crippen molar-refractivity contribution in [1.82, 2.24) is 9.55 Å². The first-order valence-electron chi connectivity index (χ1n) is 6.92. The number of aliphatic carboxylic acids is 1. The van der Waals surface area contributed by atoms with Gasteiger partial charge in [-0.1, -0.05) is 24.3 Å². The van der Waals surface area contributed by atoms with Crippen LogP contribution in [0, 0.1) is 6.92 Å². The molecule has 0 fully saturated rings. The molecule has 4 nitrogen and oxygen atoms in total. The molecule has 0 saturated carbocycles. The number of benzene rings is 1. The fourth-order valence-electron chi connectivity index (χ4n) is 2.25. The number of carboxylic acids is 1. The molecular weight excluding hydrogens is 288 g/mol. The minimum Gasteiger partial charge on any atom is -0.481 e. The molecule has 1 aromatic heterocycles. The Morgan fingerprint density at radius 1 is 1.19 bits per heavy atom. The SMILES string of the molecule is Cc1nccn1CCCCc1ccc(CC(=O)O)cc1.Cl. The maximum absolute atomic E-state index is 10.6. The van der Waals surface area contributed by atoms with Crippen LogP contribution >= 0.6 is 12.4 Å².